The van der Waals surface area contributed by atoms with E-state index in [1.54, 1.807) is 36.5 Å². The van der Waals surface area contributed by atoms with Crippen molar-refractivity contribution in [2.24, 2.45) is 5.92 Å². The lowest BCUT2D eigenvalue weighted by Gasteiger charge is -2.27. The van der Waals surface area contributed by atoms with Gasteiger partial charge < -0.3 is 20.3 Å². The first-order valence-electron chi connectivity index (χ1n) is 10.2. The van der Waals surface area contributed by atoms with Crippen LogP contribution in [-0.2, 0) is 4.74 Å². The average Bonchev–Trinajstić information content (AvgIpc) is 3.21. The van der Waals surface area contributed by atoms with E-state index in [9.17, 15) is 15.0 Å². The average molecular weight is 410 g/mol. The van der Waals surface area contributed by atoms with Crippen molar-refractivity contribution in [3.05, 3.63) is 54.0 Å². The van der Waals surface area contributed by atoms with Crippen LogP contribution in [-0.4, -0.2) is 44.6 Å². The van der Waals surface area contributed by atoms with E-state index in [2.05, 4.69) is 10.3 Å². The van der Waals surface area contributed by atoms with Gasteiger partial charge in [0.05, 0.1) is 17.2 Å². The first-order valence-corrected chi connectivity index (χ1v) is 10.2. The van der Waals surface area contributed by atoms with E-state index >= 15 is 0 Å². The van der Waals surface area contributed by atoms with Crippen LogP contribution in [0.1, 0.15) is 54.1 Å². The monoisotopic (exact) mass is 410 g/mol. The Bertz CT molecular complexity index is 1010. The summed E-state index contributed by atoms with van der Waals surface area (Å²) in [6.45, 7) is 0.241. The van der Waals surface area contributed by atoms with Crippen LogP contribution in [0.15, 0.2) is 42.7 Å². The molecule has 1 fully saturated rings. The maximum absolute atomic E-state index is 12.6. The summed E-state index contributed by atoms with van der Waals surface area (Å²) in [4.78, 5) is 16.7. The zero-order valence-corrected chi connectivity index (χ0v) is 16.9. The molecule has 158 valence electrons. The Kier molecular flexibility index (Phi) is 6.08. The standard InChI is InChI=1S/C22H26N4O4/c1-30-22(29)17-11-19-15(10-20(17)24-21(28)18-4-2-3-9-23-18)12-26(25-19)16-7-5-14(13-27)6-8-16/h2-4,9-12,14,16,22,27,29H,5-8,13H2,1H3,(H,24,28). The zero-order chi connectivity index (χ0) is 21.1. The second-order valence-corrected chi connectivity index (χ2v) is 7.72. The number of methoxy groups -OCH3 is 1. The van der Waals surface area contributed by atoms with Crippen LogP contribution in [0.3, 0.4) is 0 Å². The number of amides is 1. The van der Waals surface area contributed by atoms with E-state index in [-0.39, 0.29) is 24.2 Å². The summed E-state index contributed by atoms with van der Waals surface area (Å²) in [5, 5.41) is 28.1. The highest BCUT2D eigenvalue weighted by molar-refractivity contribution is 6.04. The van der Waals surface area contributed by atoms with Crippen molar-refractivity contribution in [3.8, 4) is 0 Å². The van der Waals surface area contributed by atoms with Gasteiger partial charge in [0.25, 0.3) is 5.91 Å². The molecule has 4 rings (SSSR count). The number of carbonyl (C=O) groups is 1. The van der Waals surface area contributed by atoms with Crippen molar-refractivity contribution in [1.29, 1.82) is 0 Å². The van der Waals surface area contributed by atoms with Gasteiger partial charge >= 0.3 is 0 Å². The normalized spacial score (nSPS) is 20.2. The quantitative estimate of drug-likeness (QED) is 0.539. The van der Waals surface area contributed by atoms with Gasteiger partial charge in [-0.1, -0.05) is 6.07 Å². The molecule has 2 aromatic heterocycles. The lowest BCUT2D eigenvalue weighted by molar-refractivity contribution is -0.0763. The fraction of sp³-hybridized carbons (Fsp3) is 0.409. The number of nitrogens with one attached hydrogen (secondary N) is 1. The summed E-state index contributed by atoms with van der Waals surface area (Å²) in [6.07, 6.45) is 6.23. The molecule has 1 atom stereocenters. The smallest absolute Gasteiger partial charge is 0.274 e. The maximum atomic E-state index is 12.6. The van der Waals surface area contributed by atoms with Crippen molar-refractivity contribution in [2.75, 3.05) is 19.0 Å². The summed E-state index contributed by atoms with van der Waals surface area (Å²) in [5.74, 6) is 0.0114. The third-order valence-electron chi connectivity index (χ3n) is 5.78. The molecule has 1 aliphatic carbocycles. The number of pyridine rings is 1. The lowest BCUT2D eigenvalue weighted by Crippen LogP contribution is -2.20. The Labute approximate surface area is 174 Å². The molecule has 1 aliphatic rings. The molecule has 3 N–H and O–H groups in total. The first kappa shape index (κ1) is 20.5. The maximum Gasteiger partial charge on any atom is 0.274 e. The molecule has 1 amide bonds. The molecule has 1 unspecified atom stereocenters. The topological polar surface area (TPSA) is 110 Å². The van der Waals surface area contributed by atoms with Crippen LogP contribution in [0.5, 0.6) is 0 Å². The van der Waals surface area contributed by atoms with E-state index in [1.807, 2.05) is 10.9 Å². The fourth-order valence-electron chi connectivity index (χ4n) is 4.01. The number of benzene rings is 1. The lowest BCUT2D eigenvalue weighted by atomic mass is 9.87. The van der Waals surface area contributed by atoms with Crippen LogP contribution in [0, 0.1) is 5.92 Å². The second kappa shape index (κ2) is 8.91. The van der Waals surface area contributed by atoms with Crippen LogP contribution in [0.4, 0.5) is 5.69 Å². The predicted octanol–water partition coefficient (Wildman–Crippen LogP) is 3.04. The number of nitrogens with zero attached hydrogens (tertiary/aromatic N) is 3. The molecule has 30 heavy (non-hydrogen) atoms. The second-order valence-electron chi connectivity index (χ2n) is 7.72. The molecule has 1 aromatic carbocycles. The number of hydrogen-bond acceptors (Lipinski definition) is 6. The summed E-state index contributed by atoms with van der Waals surface area (Å²) in [5.41, 5.74) is 1.90. The Morgan fingerprint density at radius 1 is 1.30 bits per heavy atom. The minimum absolute atomic E-state index is 0.241. The number of hydrogen-bond donors (Lipinski definition) is 3. The number of rotatable bonds is 6. The van der Waals surface area contributed by atoms with Crippen LogP contribution in [0.25, 0.3) is 10.9 Å². The highest BCUT2D eigenvalue weighted by Crippen LogP contribution is 2.34. The van der Waals surface area contributed by atoms with Crippen molar-refractivity contribution in [2.45, 2.75) is 38.0 Å². The minimum Gasteiger partial charge on any atom is -0.396 e. The number of fused-ring (bicyclic) bond motifs is 1. The number of ether oxygens (including phenoxy) is 1. The third-order valence-corrected chi connectivity index (χ3v) is 5.78. The molecule has 0 spiro atoms. The zero-order valence-electron chi connectivity index (χ0n) is 16.9. The summed E-state index contributed by atoms with van der Waals surface area (Å²) >= 11 is 0. The molecule has 0 aliphatic heterocycles. The molecule has 0 saturated heterocycles. The fourth-order valence-corrected chi connectivity index (χ4v) is 4.01. The van der Waals surface area contributed by atoms with Gasteiger partial charge in [0.1, 0.15) is 5.69 Å². The minimum atomic E-state index is -1.20. The number of carbonyl (C=O) groups excluding carboxylic acids is 1. The Morgan fingerprint density at radius 3 is 2.77 bits per heavy atom. The van der Waals surface area contributed by atoms with Crippen molar-refractivity contribution >= 4 is 22.5 Å². The van der Waals surface area contributed by atoms with E-state index in [0.717, 1.165) is 36.6 Å². The molecule has 3 aromatic rings. The van der Waals surface area contributed by atoms with E-state index < -0.39 is 6.29 Å². The van der Waals surface area contributed by atoms with Crippen LogP contribution < -0.4 is 5.32 Å². The third kappa shape index (κ3) is 4.21. The molecule has 0 bridgehead atoms. The summed E-state index contributed by atoms with van der Waals surface area (Å²) < 4.78 is 7.05. The van der Waals surface area contributed by atoms with E-state index in [1.165, 1.54) is 7.11 Å². The molecular weight excluding hydrogens is 384 g/mol. The SMILES string of the molecule is COC(O)c1cc2nn(C3CCC(CO)CC3)cc2cc1NC(=O)c1ccccn1. The van der Waals surface area contributed by atoms with E-state index in [0.29, 0.717) is 17.2 Å². The molecule has 8 nitrogen and oxygen atoms in total. The summed E-state index contributed by atoms with van der Waals surface area (Å²) in [7, 11) is 1.40. The van der Waals surface area contributed by atoms with Gasteiger partial charge in [-0.3, -0.25) is 14.5 Å². The number of aliphatic hydroxyl groups is 2. The molecule has 0 radical (unpaired) electrons. The van der Waals surface area contributed by atoms with Gasteiger partial charge in [0, 0.05) is 37.1 Å². The van der Waals surface area contributed by atoms with E-state index in [4.69, 9.17) is 9.84 Å². The van der Waals surface area contributed by atoms with Gasteiger partial charge in [0.15, 0.2) is 6.29 Å². The molecule has 1 saturated carbocycles. The molecular formula is C22H26N4O4. The van der Waals surface area contributed by atoms with Gasteiger partial charge in [-0.05, 0) is 55.9 Å². The Morgan fingerprint density at radius 2 is 2.10 bits per heavy atom. The van der Waals surface area contributed by atoms with Crippen LogP contribution >= 0.6 is 0 Å². The Balaban J connectivity index is 1.64. The van der Waals surface area contributed by atoms with Gasteiger partial charge in [0.2, 0.25) is 0 Å². The number of aromatic nitrogens is 3. The van der Waals surface area contributed by atoms with Crippen molar-refractivity contribution in [1.82, 2.24) is 14.8 Å². The highest BCUT2D eigenvalue weighted by atomic mass is 16.6. The first-order chi connectivity index (χ1) is 14.6. The highest BCUT2D eigenvalue weighted by Gasteiger charge is 2.24. The van der Waals surface area contributed by atoms with Gasteiger partial charge in [-0.25, -0.2) is 0 Å². The number of aliphatic hydroxyl groups excluding tert-OH is 2. The van der Waals surface area contributed by atoms with Gasteiger partial charge in [-0.15, -0.1) is 0 Å². The number of anilines is 1. The van der Waals surface area contributed by atoms with Crippen molar-refractivity contribution in [3.63, 3.8) is 0 Å². The summed E-state index contributed by atoms with van der Waals surface area (Å²) in [6, 6.07) is 8.93. The predicted molar refractivity (Wildman–Crippen MR) is 112 cm³/mol. The molecule has 2 heterocycles. The Hall–Kier alpha value is -2.81. The van der Waals surface area contributed by atoms with Gasteiger partial charge in [-0.2, -0.15) is 5.10 Å². The van der Waals surface area contributed by atoms with Crippen LogP contribution in [0.2, 0.25) is 0 Å². The largest absolute Gasteiger partial charge is 0.396 e. The molecule has 8 heteroatoms. The van der Waals surface area contributed by atoms with Crippen molar-refractivity contribution < 1.29 is 19.7 Å².